The minimum absolute atomic E-state index is 0.00757. The summed E-state index contributed by atoms with van der Waals surface area (Å²) in [5.41, 5.74) is 5.26. The lowest BCUT2D eigenvalue weighted by molar-refractivity contribution is 0.0341. The van der Waals surface area contributed by atoms with Crippen molar-refractivity contribution < 1.29 is 9.53 Å². The number of rotatable bonds is 3. The lowest BCUT2D eigenvalue weighted by Gasteiger charge is -2.43. The highest BCUT2D eigenvalue weighted by molar-refractivity contribution is 5.69. The third-order valence-corrected chi connectivity index (χ3v) is 3.93. The summed E-state index contributed by atoms with van der Waals surface area (Å²) in [4.78, 5) is 11.8. The monoisotopic (exact) mass is 240 g/mol. The van der Waals surface area contributed by atoms with Crippen LogP contribution in [-0.4, -0.2) is 23.8 Å². The Morgan fingerprint density at radius 3 is 2.47 bits per heavy atom. The molecule has 2 aliphatic carbocycles. The van der Waals surface area contributed by atoms with Crippen LogP contribution in [-0.2, 0) is 4.74 Å². The summed E-state index contributed by atoms with van der Waals surface area (Å²) in [6.07, 6.45) is 4.23. The number of amides is 1. The first-order chi connectivity index (χ1) is 7.86. The van der Waals surface area contributed by atoms with Crippen molar-refractivity contribution in [1.29, 1.82) is 0 Å². The van der Waals surface area contributed by atoms with Gasteiger partial charge in [-0.25, -0.2) is 4.79 Å². The van der Waals surface area contributed by atoms with Crippen LogP contribution in [0.4, 0.5) is 4.79 Å². The molecule has 98 valence electrons. The Balaban J connectivity index is 1.90. The lowest BCUT2D eigenvalue weighted by Crippen LogP contribution is -2.56. The zero-order valence-corrected chi connectivity index (χ0v) is 11.1. The number of alkyl carbamates (subject to hydrolysis) is 1. The maximum Gasteiger partial charge on any atom is 0.408 e. The Hall–Kier alpha value is -0.770. The molecular formula is C13H24N2O2. The number of carbonyl (C=O) groups excluding carboxylic acids is 1. The summed E-state index contributed by atoms with van der Waals surface area (Å²) in [5.74, 6) is 1.18. The lowest BCUT2D eigenvalue weighted by atomic mass is 9.72. The molecule has 0 radical (unpaired) electrons. The van der Waals surface area contributed by atoms with Gasteiger partial charge in [0.15, 0.2) is 0 Å². The van der Waals surface area contributed by atoms with Crippen molar-refractivity contribution in [3.05, 3.63) is 0 Å². The second-order valence-corrected chi connectivity index (χ2v) is 6.47. The van der Waals surface area contributed by atoms with Crippen LogP contribution in [0.5, 0.6) is 0 Å². The first-order valence-electron chi connectivity index (χ1n) is 6.57. The quantitative estimate of drug-likeness (QED) is 0.793. The highest BCUT2D eigenvalue weighted by Crippen LogP contribution is 2.54. The highest BCUT2D eigenvalue weighted by atomic mass is 16.6. The molecule has 3 N–H and O–H groups in total. The van der Waals surface area contributed by atoms with Gasteiger partial charge in [0.1, 0.15) is 5.60 Å². The van der Waals surface area contributed by atoms with Crippen molar-refractivity contribution in [2.75, 3.05) is 6.54 Å². The number of carbonyl (C=O) groups is 1. The molecule has 0 unspecified atom stereocenters. The summed E-state index contributed by atoms with van der Waals surface area (Å²) in [6.45, 7) is 6.40. The van der Waals surface area contributed by atoms with Crippen molar-refractivity contribution in [1.82, 2.24) is 5.32 Å². The Bertz CT molecular complexity index is 305. The van der Waals surface area contributed by atoms with Gasteiger partial charge in [-0.2, -0.15) is 0 Å². The second-order valence-electron chi connectivity index (χ2n) is 6.47. The Kier molecular flexibility index (Phi) is 3.10. The zero-order chi connectivity index (χ0) is 12.7. The summed E-state index contributed by atoms with van der Waals surface area (Å²) in [5, 5.41) is 3.10. The van der Waals surface area contributed by atoms with E-state index in [-0.39, 0.29) is 11.6 Å². The average Bonchev–Trinajstić information content (AvgIpc) is 2.87. The standard InChI is InChI=1S/C13H24N2O2/c1-12(2,3)17-11(16)15-13(5-4-6-13)10-7-9(10)8-14/h9-10H,4-8,14H2,1-3H3,(H,15,16)/t9-,10+/m0/s1. The second kappa shape index (κ2) is 4.16. The fraction of sp³-hybridized carbons (Fsp3) is 0.923. The largest absolute Gasteiger partial charge is 0.444 e. The van der Waals surface area contributed by atoms with Crippen LogP contribution in [0.1, 0.15) is 46.5 Å². The molecule has 2 fully saturated rings. The van der Waals surface area contributed by atoms with Gasteiger partial charge in [0.2, 0.25) is 0 Å². The smallest absolute Gasteiger partial charge is 0.408 e. The molecule has 2 rings (SSSR count). The molecule has 0 aromatic carbocycles. The molecular weight excluding hydrogens is 216 g/mol. The fourth-order valence-electron chi connectivity index (χ4n) is 2.84. The Morgan fingerprint density at radius 2 is 2.12 bits per heavy atom. The van der Waals surface area contributed by atoms with Crippen LogP contribution in [0.2, 0.25) is 0 Å². The van der Waals surface area contributed by atoms with Gasteiger partial charge in [0.05, 0.1) is 0 Å². The molecule has 4 heteroatoms. The number of nitrogens with one attached hydrogen (secondary N) is 1. The molecule has 0 bridgehead atoms. The molecule has 0 aliphatic heterocycles. The van der Waals surface area contributed by atoms with E-state index in [1.165, 1.54) is 6.42 Å². The number of hydrogen-bond acceptors (Lipinski definition) is 3. The van der Waals surface area contributed by atoms with E-state index in [1.807, 2.05) is 20.8 Å². The molecule has 2 atom stereocenters. The van der Waals surface area contributed by atoms with Crippen molar-refractivity contribution in [2.45, 2.75) is 57.6 Å². The molecule has 1 amide bonds. The van der Waals surface area contributed by atoms with Gasteiger partial charge in [0, 0.05) is 5.54 Å². The van der Waals surface area contributed by atoms with Crippen LogP contribution in [0.3, 0.4) is 0 Å². The summed E-state index contributed by atoms with van der Waals surface area (Å²) >= 11 is 0. The van der Waals surface area contributed by atoms with Gasteiger partial charge >= 0.3 is 6.09 Å². The molecule has 2 saturated carbocycles. The average molecular weight is 240 g/mol. The van der Waals surface area contributed by atoms with Crippen LogP contribution in [0.15, 0.2) is 0 Å². The maximum absolute atomic E-state index is 11.8. The van der Waals surface area contributed by atoms with E-state index in [4.69, 9.17) is 10.5 Å². The molecule has 0 saturated heterocycles. The highest BCUT2D eigenvalue weighted by Gasteiger charge is 2.55. The van der Waals surface area contributed by atoms with E-state index in [0.717, 1.165) is 25.8 Å². The third kappa shape index (κ3) is 2.73. The Labute approximate surface area is 103 Å². The van der Waals surface area contributed by atoms with E-state index >= 15 is 0 Å². The molecule has 4 nitrogen and oxygen atoms in total. The van der Waals surface area contributed by atoms with E-state index in [2.05, 4.69) is 5.32 Å². The maximum atomic E-state index is 11.8. The third-order valence-electron chi connectivity index (χ3n) is 3.93. The SMILES string of the molecule is CC(C)(C)OC(=O)NC1([C@@H]2C[C@H]2CN)CCC1. The zero-order valence-electron chi connectivity index (χ0n) is 11.1. The molecule has 0 aromatic rings. The fourth-order valence-corrected chi connectivity index (χ4v) is 2.84. The van der Waals surface area contributed by atoms with Crippen LogP contribution in [0, 0.1) is 11.8 Å². The van der Waals surface area contributed by atoms with E-state index in [0.29, 0.717) is 11.8 Å². The normalized spacial score (nSPS) is 30.4. The number of hydrogen-bond donors (Lipinski definition) is 2. The first-order valence-corrected chi connectivity index (χ1v) is 6.57. The molecule has 0 spiro atoms. The first kappa shape index (κ1) is 12.7. The molecule has 17 heavy (non-hydrogen) atoms. The van der Waals surface area contributed by atoms with Crippen LogP contribution in [0.25, 0.3) is 0 Å². The van der Waals surface area contributed by atoms with Crippen molar-refractivity contribution >= 4 is 6.09 Å². The van der Waals surface area contributed by atoms with Crippen LogP contribution < -0.4 is 11.1 Å². The Morgan fingerprint density at radius 1 is 1.47 bits per heavy atom. The van der Waals surface area contributed by atoms with E-state index < -0.39 is 5.60 Å². The van der Waals surface area contributed by atoms with Gasteiger partial charge < -0.3 is 15.8 Å². The number of nitrogens with two attached hydrogens (primary N) is 1. The predicted octanol–water partition coefficient (Wildman–Crippen LogP) is 2.03. The minimum atomic E-state index is -0.425. The van der Waals surface area contributed by atoms with E-state index in [1.54, 1.807) is 0 Å². The van der Waals surface area contributed by atoms with Crippen LogP contribution >= 0.6 is 0 Å². The van der Waals surface area contributed by atoms with Crippen molar-refractivity contribution in [2.24, 2.45) is 17.6 Å². The minimum Gasteiger partial charge on any atom is -0.444 e. The van der Waals surface area contributed by atoms with Gasteiger partial charge in [-0.05, 0) is 64.8 Å². The van der Waals surface area contributed by atoms with E-state index in [9.17, 15) is 4.79 Å². The van der Waals surface area contributed by atoms with Crippen molar-refractivity contribution in [3.8, 4) is 0 Å². The van der Waals surface area contributed by atoms with Gasteiger partial charge in [-0.3, -0.25) is 0 Å². The summed E-state index contributed by atoms with van der Waals surface area (Å²) in [6, 6.07) is 0. The van der Waals surface area contributed by atoms with Gasteiger partial charge in [-0.15, -0.1) is 0 Å². The van der Waals surface area contributed by atoms with Gasteiger partial charge in [0.25, 0.3) is 0 Å². The molecule has 0 aromatic heterocycles. The van der Waals surface area contributed by atoms with Gasteiger partial charge in [-0.1, -0.05) is 0 Å². The molecule has 0 heterocycles. The number of ether oxygens (including phenoxy) is 1. The van der Waals surface area contributed by atoms with Crippen molar-refractivity contribution in [3.63, 3.8) is 0 Å². The predicted molar refractivity (Wildman–Crippen MR) is 66.6 cm³/mol. The molecule has 2 aliphatic rings. The summed E-state index contributed by atoms with van der Waals surface area (Å²) in [7, 11) is 0. The topological polar surface area (TPSA) is 64.3 Å². The summed E-state index contributed by atoms with van der Waals surface area (Å²) < 4.78 is 5.33.